The van der Waals surface area contributed by atoms with E-state index in [1.54, 1.807) is 31.4 Å². The number of halogens is 1. The van der Waals surface area contributed by atoms with E-state index in [0.29, 0.717) is 33.3 Å². The monoisotopic (exact) mass is 410 g/mol. The Balaban J connectivity index is 1.84. The number of benzene rings is 2. The third kappa shape index (κ3) is 3.51. The highest BCUT2D eigenvalue weighted by molar-refractivity contribution is 6.45. The number of hydrogen-bond donors (Lipinski definition) is 0. The van der Waals surface area contributed by atoms with E-state index in [0.717, 1.165) is 37.9 Å². The lowest BCUT2D eigenvalue weighted by Crippen LogP contribution is -2.37. The summed E-state index contributed by atoms with van der Waals surface area (Å²) in [6, 6.07) is 12.5. The molecule has 0 bridgehead atoms. The Morgan fingerprint density at radius 3 is 2.28 bits per heavy atom. The summed E-state index contributed by atoms with van der Waals surface area (Å²) in [5.41, 5.74) is 3.00. The number of methoxy groups -OCH3 is 1. The molecule has 2 heterocycles. The zero-order valence-electron chi connectivity index (χ0n) is 16.6. The second kappa shape index (κ2) is 7.91. The van der Waals surface area contributed by atoms with Crippen LogP contribution >= 0.6 is 11.6 Å². The molecule has 1 saturated heterocycles. The molecule has 4 rings (SSSR count). The van der Waals surface area contributed by atoms with Crippen LogP contribution < -0.4 is 9.64 Å². The van der Waals surface area contributed by atoms with Crippen molar-refractivity contribution >= 4 is 34.7 Å². The predicted octanol–water partition coefficient (Wildman–Crippen LogP) is 4.43. The number of carbonyl (C=O) groups excluding carboxylic acids is 2. The fourth-order valence-corrected chi connectivity index (χ4v) is 4.16. The van der Waals surface area contributed by atoms with Crippen LogP contribution in [0.15, 0.2) is 48.2 Å². The molecule has 0 spiro atoms. The molecule has 1 fully saturated rings. The maximum Gasteiger partial charge on any atom is 0.282 e. The summed E-state index contributed by atoms with van der Waals surface area (Å²) in [5, 5.41) is 0.489. The molecule has 0 N–H and O–H groups in total. The second-order valence-electron chi connectivity index (χ2n) is 7.38. The molecule has 0 aliphatic carbocycles. The number of imide groups is 1. The minimum absolute atomic E-state index is 0.284. The molecule has 0 atom stereocenters. The van der Waals surface area contributed by atoms with Crippen LogP contribution in [-0.4, -0.2) is 36.9 Å². The van der Waals surface area contributed by atoms with Gasteiger partial charge in [0, 0.05) is 18.1 Å². The van der Waals surface area contributed by atoms with Crippen LogP contribution in [0.3, 0.4) is 0 Å². The molecular weight excluding hydrogens is 388 g/mol. The molecular formula is C23H23ClN2O3. The van der Waals surface area contributed by atoms with Gasteiger partial charge in [-0.25, -0.2) is 4.90 Å². The summed E-state index contributed by atoms with van der Waals surface area (Å²) in [6.07, 6.45) is 3.16. The Bertz CT molecular complexity index is 992. The van der Waals surface area contributed by atoms with Crippen molar-refractivity contribution in [1.82, 2.24) is 4.90 Å². The van der Waals surface area contributed by atoms with E-state index >= 15 is 0 Å². The first-order chi connectivity index (χ1) is 14.0. The van der Waals surface area contributed by atoms with Crippen molar-refractivity contribution < 1.29 is 14.3 Å². The normalized spacial score (nSPS) is 17.3. The molecule has 0 aromatic heterocycles. The number of hydrogen-bond acceptors (Lipinski definition) is 4. The molecule has 2 amide bonds. The molecule has 0 saturated carbocycles. The fraction of sp³-hybridized carbons (Fsp3) is 0.304. The Morgan fingerprint density at radius 1 is 0.931 bits per heavy atom. The zero-order valence-corrected chi connectivity index (χ0v) is 17.3. The summed E-state index contributed by atoms with van der Waals surface area (Å²) in [7, 11) is 1.60. The number of nitrogens with zero attached hydrogens (tertiary/aromatic N) is 2. The molecule has 0 radical (unpaired) electrons. The Kier molecular flexibility index (Phi) is 5.33. The summed E-state index contributed by atoms with van der Waals surface area (Å²) in [5.74, 6) is 0.104. The van der Waals surface area contributed by atoms with Crippen LogP contribution in [0.1, 0.15) is 30.4 Å². The molecule has 2 aromatic carbocycles. The Labute approximate surface area is 175 Å². The number of aryl methyl sites for hydroxylation is 1. The standard InChI is InChI=1S/C23H23ClN2O3/c1-15-6-9-17(24)14-19(15)26-22(27)20(16-7-10-18(29-2)11-8-16)21(23(26)28)25-12-4-3-5-13-25/h6-11,14H,3-5,12-13H2,1-2H3. The first-order valence-electron chi connectivity index (χ1n) is 9.80. The lowest BCUT2D eigenvalue weighted by atomic mass is 10.0. The smallest absolute Gasteiger partial charge is 0.282 e. The van der Waals surface area contributed by atoms with Gasteiger partial charge in [0.05, 0.1) is 18.4 Å². The molecule has 2 aromatic rings. The molecule has 6 heteroatoms. The van der Waals surface area contributed by atoms with Crippen LogP contribution in [0.2, 0.25) is 5.02 Å². The number of likely N-dealkylation sites (tertiary alicyclic amines) is 1. The van der Waals surface area contributed by atoms with Crippen LogP contribution in [-0.2, 0) is 9.59 Å². The van der Waals surface area contributed by atoms with Gasteiger partial charge in [0.2, 0.25) is 0 Å². The average molecular weight is 411 g/mol. The van der Waals surface area contributed by atoms with Gasteiger partial charge < -0.3 is 9.64 Å². The van der Waals surface area contributed by atoms with Gasteiger partial charge >= 0.3 is 0 Å². The van der Waals surface area contributed by atoms with Crippen molar-refractivity contribution in [2.45, 2.75) is 26.2 Å². The van der Waals surface area contributed by atoms with Gasteiger partial charge in [-0.1, -0.05) is 29.8 Å². The molecule has 2 aliphatic rings. The van der Waals surface area contributed by atoms with Crippen molar-refractivity contribution in [3.8, 4) is 5.75 Å². The molecule has 29 heavy (non-hydrogen) atoms. The number of amides is 2. The molecule has 150 valence electrons. The highest BCUT2D eigenvalue weighted by Crippen LogP contribution is 2.38. The van der Waals surface area contributed by atoms with Gasteiger partial charge in [0.15, 0.2) is 0 Å². The lowest BCUT2D eigenvalue weighted by Gasteiger charge is -2.29. The summed E-state index contributed by atoms with van der Waals surface area (Å²) >= 11 is 6.18. The number of anilines is 1. The van der Waals surface area contributed by atoms with Gasteiger partial charge in [0.1, 0.15) is 11.4 Å². The maximum absolute atomic E-state index is 13.5. The van der Waals surface area contributed by atoms with E-state index < -0.39 is 0 Å². The highest BCUT2D eigenvalue weighted by atomic mass is 35.5. The minimum atomic E-state index is -0.314. The Morgan fingerprint density at radius 2 is 1.62 bits per heavy atom. The number of rotatable bonds is 4. The van der Waals surface area contributed by atoms with Gasteiger partial charge in [-0.05, 0) is 61.6 Å². The third-order valence-electron chi connectivity index (χ3n) is 5.52. The highest BCUT2D eigenvalue weighted by Gasteiger charge is 2.43. The first kappa shape index (κ1) is 19.5. The van der Waals surface area contributed by atoms with Crippen molar-refractivity contribution in [3.05, 3.63) is 64.3 Å². The average Bonchev–Trinajstić information content (AvgIpc) is 3.00. The molecule has 2 aliphatic heterocycles. The van der Waals surface area contributed by atoms with Crippen molar-refractivity contribution in [2.24, 2.45) is 0 Å². The topological polar surface area (TPSA) is 49.9 Å². The second-order valence-corrected chi connectivity index (χ2v) is 7.81. The summed E-state index contributed by atoms with van der Waals surface area (Å²) in [4.78, 5) is 30.4. The van der Waals surface area contributed by atoms with Crippen molar-refractivity contribution in [3.63, 3.8) is 0 Å². The van der Waals surface area contributed by atoms with Gasteiger partial charge in [0.25, 0.3) is 11.8 Å². The van der Waals surface area contributed by atoms with E-state index in [1.807, 2.05) is 25.1 Å². The van der Waals surface area contributed by atoms with E-state index in [2.05, 4.69) is 4.90 Å². The molecule has 5 nitrogen and oxygen atoms in total. The van der Waals surface area contributed by atoms with Gasteiger partial charge in [-0.3, -0.25) is 9.59 Å². The third-order valence-corrected chi connectivity index (χ3v) is 5.76. The van der Waals surface area contributed by atoms with Crippen molar-refractivity contribution in [2.75, 3.05) is 25.1 Å². The summed E-state index contributed by atoms with van der Waals surface area (Å²) in [6.45, 7) is 3.42. The van der Waals surface area contributed by atoms with E-state index in [-0.39, 0.29) is 11.8 Å². The number of piperidine rings is 1. The predicted molar refractivity (Wildman–Crippen MR) is 114 cm³/mol. The van der Waals surface area contributed by atoms with Crippen LogP contribution in [0.25, 0.3) is 5.57 Å². The van der Waals surface area contributed by atoms with E-state index in [1.165, 1.54) is 4.90 Å². The quantitative estimate of drug-likeness (QED) is 0.700. The minimum Gasteiger partial charge on any atom is -0.497 e. The lowest BCUT2D eigenvalue weighted by molar-refractivity contribution is -0.120. The van der Waals surface area contributed by atoms with E-state index in [9.17, 15) is 9.59 Å². The SMILES string of the molecule is COc1ccc(C2=C(N3CCCCC3)C(=O)N(c3cc(Cl)ccc3C)C2=O)cc1. The van der Waals surface area contributed by atoms with Gasteiger partial charge in [-0.2, -0.15) is 0 Å². The van der Waals surface area contributed by atoms with Crippen LogP contribution in [0, 0.1) is 6.92 Å². The van der Waals surface area contributed by atoms with Crippen molar-refractivity contribution in [1.29, 1.82) is 0 Å². The number of ether oxygens (including phenoxy) is 1. The Hall–Kier alpha value is -2.79. The van der Waals surface area contributed by atoms with Crippen LogP contribution in [0.4, 0.5) is 5.69 Å². The maximum atomic E-state index is 13.5. The number of carbonyl (C=O) groups is 2. The van der Waals surface area contributed by atoms with Gasteiger partial charge in [-0.15, -0.1) is 0 Å². The van der Waals surface area contributed by atoms with E-state index in [4.69, 9.17) is 16.3 Å². The first-order valence-corrected chi connectivity index (χ1v) is 10.2. The fourth-order valence-electron chi connectivity index (χ4n) is 3.99. The zero-order chi connectivity index (χ0) is 20.5. The largest absolute Gasteiger partial charge is 0.497 e. The molecule has 0 unspecified atom stereocenters. The summed E-state index contributed by atoms with van der Waals surface area (Å²) < 4.78 is 5.24. The van der Waals surface area contributed by atoms with Crippen LogP contribution in [0.5, 0.6) is 5.75 Å².